The van der Waals surface area contributed by atoms with Crippen molar-refractivity contribution in [1.29, 1.82) is 0 Å². The molecule has 0 aromatic heterocycles. The van der Waals surface area contributed by atoms with Crippen LogP contribution in [0.4, 0.5) is 5.69 Å². The van der Waals surface area contributed by atoms with E-state index in [-0.39, 0.29) is 0 Å². The quantitative estimate of drug-likeness (QED) is 0.218. The molecule has 0 aliphatic heterocycles. The van der Waals surface area contributed by atoms with E-state index in [1.54, 1.807) is 0 Å². The summed E-state index contributed by atoms with van der Waals surface area (Å²) in [5.41, 5.74) is 7.45. The number of nitrogens with zero attached hydrogens (tertiary/aromatic N) is 1. The molecule has 0 unspecified atom stereocenters. The van der Waals surface area contributed by atoms with Crippen LogP contribution in [-0.2, 0) is 6.42 Å². The maximum absolute atomic E-state index is 6.04. The molecule has 148 valence electrons. The monoisotopic (exact) mass is 383 g/mol. The molecule has 0 heterocycles. The average Bonchev–Trinajstić information content (AvgIpc) is 3.13. The molecule has 0 N–H and O–H groups in total. The molecule has 0 bridgehead atoms. The highest BCUT2D eigenvalue weighted by Gasteiger charge is 2.17. The Balaban J connectivity index is 1.44. The Kier molecular flexibility index (Phi) is 6.41. The zero-order valence-electron chi connectivity index (χ0n) is 17.2. The van der Waals surface area contributed by atoms with Crippen LogP contribution in [0.3, 0.4) is 0 Å². The first-order valence-corrected chi connectivity index (χ1v) is 10.8. The molecular formula is C27H29NO. The zero-order valence-corrected chi connectivity index (χ0v) is 17.2. The van der Waals surface area contributed by atoms with E-state index in [0.29, 0.717) is 0 Å². The van der Waals surface area contributed by atoms with Crippen molar-refractivity contribution in [3.05, 3.63) is 83.4 Å². The highest BCUT2D eigenvalue weighted by Crippen LogP contribution is 2.38. The van der Waals surface area contributed by atoms with Crippen LogP contribution in [0.25, 0.3) is 11.1 Å². The van der Waals surface area contributed by atoms with Gasteiger partial charge in [-0.3, -0.25) is 4.99 Å². The average molecular weight is 384 g/mol. The van der Waals surface area contributed by atoms with E-state index >= 15 is 0 Å². The zero-order chi connectivity index (χ0) is 19.9. The molecule has 29 heavy (non-hydrogen) atoms. The molecule has 0 fully saturated rings. The summed E-state index contributed by atoms with van der Waals surface area (Å²) < 4.78 is 6.04. The van der Waals surface area contributed by atoms with Crippen molar-refractivity contribution >= 4 is 11.9 Å². The Hall–Kier alpha value is -2.87. The summed E-state index contributed by atoms with van der Waals surface area (Å²) in [6.45, 7) is 3.01. The fourth-order valence-electron chi connectivity index (χ4n) is 3.94. The third-order valence-corrected chi connectivity index (χ3v) is 5.56. The second-order valence-electron chi connectivity index (χ2n) is 7.73. The maximum atomic E-state index is 6.04. The minimum atomic E-state index is 0.768. The van der Waals surface area contributed by atoms with Gasteiger partial charge in [-0.25, -0.2) is 0 Å². The minimum Gasteiger partial charge on any atom is -0.493 e. The number of ether oxygens (including phenoxy) is 1. The van der Waals surface area contributed by atoms with Gasteiger partial charge in [-0.2, -0.15) is 0 Å². The first-order valence-electron chi connectivity index (χ1n) is 10.8. The number of hydrogen-bond donors (Lipinski definition) is 0. The van der Waals surface area contributed by atoms with E-state index in [1.807, 2.05) is 24.4 Å². The molecular weight excluding hydrogens is 354 g/mol. The van der Waals surface area contributed by atoms with Crippen molar-refractivity contribution in [3.63, 3.8) is 0 Å². The molecule has 1 aliphatic rings. The van der Waals surface area contributed by atoms with Crippen molar-refractivity contribution in [2.75, 3.05) is 6.61 Å². The van der Waals surface area contributed by atoms with E-state index in [9.17, 15) is 0 Å². The van der Waals surface area contributed by atoms with Gasteiger partial charge in [-0.05, 0) is 59.4 Å². The van der Waals surface area contributed by atoms with Crippen LogP contribution in [0, 0.1) is 0 Å². The summed E-state index contributed by atoms with van der Waals surface area (Å²) in [6.07, 6.45) is 9.17. The molecule has 0 spiro atoms. The number of hydrogen-bond acceptors (Lipinski definition) is 2. The summed E-state index contributed by atoms with van der Waals surface area (Å²) in [7, 11) is 0. The molecule has 0 amide bonds. The lowest BCUT2D eigenvalue weighted by Gasteiger charge is -2.09. The lowest BCUT2D eigenvalue weighted by atomic mass is 10.1. The summed E-state index contributed by atoms with van der Waals surface area (Å²) >= 11 is 0. The van der Waals surface area contributed by atoms with Gasteiger partial charge in [0.25, 0.3) is 0 Å². The Bertz CT molecular complexity index is 989. The van der Waals surface area contributed by atoms with E-state index < -0.39 is 0 Å². The van der Waals surface area contributed by atoms with Crippen LogP contribution >= 0.6 is 0 Å². The first kappa shape index (κ1) is 19.4. The van der Waals surface area contributed by atoms with E-state index in [2.05, 4.69) is 55.5 Å². The Morgan fingerprint density at radius 3 is 2.55 bits per heavy atom. The normalized spacial score (nSPS) is 12.2. The Morgan fingerprint density at radius 2 is 1.62 bits per heavy atom. The lowest BCUT2D eigenvalue weighted by Crippen LogP contribution is -2.00. The van der Waals surface area contributed by atoms with Gasteiger partial charge in [0.15, 0.2) is 0 Å². The number of para-hydroxylation sites is 1. The van der Waals surface area contributed by atoms with Crippen molar-refractivity contribution in [3.8, 4) is 16.9 Å². The van der Waals surface area contributed by atoms with Crippen LogP contribution in [0.15, 0.2) is 71.7 Å². The van der Waals surface area contributed by atoms with Crippen molar-refractivity contribution < 1.29 is 4.74 Å². The minimum absolute atomic E-state index is 0.768. The molecule has 0 saturated carbocycles. The van der Waals surface area contributed by atoms with Gasteiger partial charge in [-0.1, -0.05) is 75.1 Å². The van der Waals surface area contributed by atoms with Gasteiger partial charge in [0, 0.05) is 11.8 Å². The fraction of sp³-hybridized carbons (Fsp3) is 0.296. The second-order valence-corrected chi connectivity index (χ2v) is 7.73. The van der Waals surface area contributed by atoms with Gasteiger partial charge >= 0.3 is 0 Å². The molecule has 0 atom stereocenters. The van der Waals surface area contributed by atoms with Crippen molar-refractivity contribution in [1.82, 2.24) is 0 Å². The smallest absolute Gasteiger partial charge is 0.128 e. The Labute approximate surface area is 174 Å². The van der Waals surface area contributed by atoms with Crippen molar-refractivity contribution in [2.24, 2.45) is 4.99 Å². The summed E-state index contributed by atoms with van der Waals surface area (Å²) in [5.74, 6) is 0.915. The second kappa shape index (κ2) is 9.56. The maximum Gasteiger partial charge on any atom is 0.128 e. The highest BCUT2D eigenvalue weighted by atomic mass is 16.5. The van der Waals surface area contributed by atoms with Crippen LogP contribution in [0.5, 0.6) is 5.75 Å². The third kappa shape index (κ3) is 4.76. The molecule has 2 nitrogen and oxygen atoms in total. The highest BCUT2D eigenvalue weighted by molar-refractivity contribution is 5.86. The number of fused-ring (bicyclic) bond motifs is 3. The largest absolute Gasteiger partial charge is 0.493 e. The van der Waals surface area contributed by atoms with Gasteiger partial charge in [0.1, 0.15) is 5.75 Å². The number of benzene rings is 3. The van der Waals surface area contributed by atoms with E-state index in [4.69, 9.17) is 9.73 Å². The first-order chi connectivity index (χ1) is 14.3. The summed E-state index contributed by atoms with van der Waals surface area (Å²) in [6, 6.07) is 23.3. The number of aliphatic imine (C=N–C) groups is 1. The molecule has 3 aromatic rings. The number of rotatable bonds is 9. The van der Waals surface area contributed by atoms with Gasteiger partial charge in [0.2, 0.25) is 0 Å². The molecule has 0 radical (unpaired) electrons. The summed E-state index contributed by atoms with van der Waals surface area (Å²) in [5, 5.41) is 0. The topological polar surface area (TPSA) is 21.6 Å². The Morgan fingerprint density at radius 1 is 0.828 bits per heavy atom. The number of unbranched alkanes of at least 4 members (excludes halogenated alkanes) is 4. The predicted octanol–water partition coefficient (Wildman–Crippen LogP) is 7.36. The molecule has 2 heteroatoms. The summed E-state index contributed by atoms with van der Waals surface area (Å²) in [4.78, 5) is 4.75. The molecule has 1 aliphatic carbocycles. The lowest BCUT2D eigenvalue weighted by molar-refractivity contribution is 0.304. The fourth-order valence-corrected chi connectivity index (χ4v) is 3.94. The standard InChI is InChI=1S/C27H29NO/c1-2-3-4-5-10-17-29-27-14-9-7-12-23(27)20-28-24-16-15-22-18-21-11-6-8-13-25(21)26(22)19-24/h6-9,11-16,19-20H,2-5,10,17-18H2,1H3. The van der Waals surface area contributed by atoms with Crippen LogP contribution in [0.1, 0.15) is 55.7 Å². The molecule has 3 aromatic carbocycles. The van der Waals surface area contributed by atoms with Gasteiger partial charge in [-0.15, -0.1) is 0 Å². The van der Waals surface area contributed by atoms with Gasteiger partial charge < -0.3 is 4.74 Å². The van der Waals surface area contributed by atoms with E-state index in [0.717, 1.165) is 36.4 Å². The molecule has 4 rings (SSSR count). The molecule has 0 saturated heterocycles. The van der Waals surface area contributed by atoms with Crippen LogP contribution in [-0.4, -0.2) is 12.8 Å². The van der Waals surface area contributed by atoms with Gasteiger partial charge in [0.05, 0.1) is 12.3 Å². The van der Waals surface area contributed by atoms with Crippen LogP contribution in [0.2, 0.25) is 0 Å². The van der Waals surface area contributed by atoms with Crippen molar-refractivity contribution in [2.45, 2.75) is 45.4 Å². The third-order valence-electron chi connectivity index (χ3n) is 5.56. The predicted molar refractivity (Wildman–Crippen MR) is 123 cm³/mol. The van der Waals surface area contributed by atoms with E-state index in [1.165, 1.54) is 47.9 Å². The SMILES string of the molecule is CCCCCCCOc1ccccc1C=Nc1ccc2c(c1)-c1ccccc1C2. The van der Waals surface area contributed by atoms with Crippen LogP contribution < -0.4 is 4.74 Å².